The molecule has 2 N–H and O–H groups in total. The van der Waals surface area contributed by atoms with Gasteiger partial charge >= 0.3 is 0 Å². The summed E-state index contributed by atoms with van der Waals surface area (Å²) in [5.41, 5.74) is 1.33. The largest absolute Gasteiger partial charge is 0.489 e. The summed E-state index contributed by atoms with van der Waals surface area (Å²) in [6, 6.07) is 15.7. The van der Waals surface area contributed by atoms with Gasteiger partial charge in [0.1, 0.15) is 29.7 Å². The number of carbonyl (C=O) groups is 2. The Morgan fingerprint density at radius 3 is 2.76 bits per heavy atom. The number of carbonyl (C=O) groups excluding carboxylic acids is 2. The van der Waals surface area contributed by atoms with Crippen molar-refractivity contribution < 1.29 is 20.9 Å². The highest BCUT2D eigenvalue weighted by atomic mass is 16.5. The topological polar surface area (TPSA) is 96.7 Å². The van der Waals surface area contributed by atoms with Crippen LogP contribution in [-0.2, 0) is 11.3 Å². The molecule has 3 aromatic rings. The van der Waals surface area contributed by atoms with E-state index in [-0.39, 0.29) is 19.6 Å². The predicted octanol–water partition coefficient (Wildman–Crippen LogP) is 2.45. The standard InChI is InChI=1S/C26H26N4O4.H2/c1-26(2,33)13-11-18-9-10-23-22(15-18)29(3)25(32)21(17-34-23)27-24(31)20-12-14-30(28-20)16-19-7-5-4-6-8-19;/h4-10,12,14-15,21,33H,16-17H2,1-3H3,(H,27,31);1H/t21-;/m0./s1. The van der Waals surface area contributed by atoms with E-state index in [4.69, 9.17) is 4.74 Å². The van der Waals surface area contributed by atoms with Crippen LogP contribution in [0.4, 0.5) is 5.69 Å². The first-order chi connectivity index (χ1) is 16.2. The van der Waals surface area contributed by atoms with Gasteiger partial charge in [-0.3, -0.25) is 14.3 Å². The summed E-state index contributed by atoms with van der Waals surface area (Å²) in [5.74, 6) is 5.39. The smallest absolute Gasteiger partial charge is 0.272 e. The zero-order valence-corrected chi connectivity index (χ0v) is 19.3. The lowest BCUT2D eigenvalue weighted by molar-refractivity contribution is -0.120. The number of hydrogen-bond donors (Lipinski definition) is 2. The van der Waals surface area contributed by atoms with Crippen molar-refractivity contribution >= 4 is 17.5 Å². The van der Waals surface area contributed by atoms with E-state index < -0.39 is 17.6 Å². The molecule has 1 aliphatic rings. The lowest BCUT2D eigenvalue weighted by Gasteiger charge is -2.20. The van der Waals surface area contributed by atoms with Crippen molar-refractivity contribution in [2.75, 3.05) is 18.6 Å². The monoisotopic (exact) mass is 460 g/mol. The molecule has 0 saturated heterocycles. The Hall–Kier alpha value is -4.09. The molecular formula is C26H28N4O4. The van der Waals surface area contributed by atoms with E-state index in [9.17, 15) is 14.7 Å². The van der Waals surface area contributed by atoms with Gasteiger partial charge in [-0.25, -0.2) is 0 Å². The van der Waals surface area contributed by atoms with Crippen molar-refractivity contribution in [1.82, 2.24) is 15.1 Å². The van der Waals surface area contributed by atoms with Crippen molar-refractivity contribution in [3.63, 3.8) is 0 Å². The van der Waals surface area contributed by atoms with Crippen LogP contribution in [0.15, 0.2) is 60.8 Å². The third kappa shape index (κ3) is 5.45. The highest BCUT2D eigenvalue weighted by Crippen LogP contribution is 2.31. The highest BCUT2D eigenvalue weighted by molar-refractivity contribution is 6.02. The van der Waals surface area contributed by atoms with Crippen molar-refractivity contribution in [1.29, 1.82) is 0 Å². The molecule has 8 heteroatoms. The fourth-order valence-electron chi connectivity index (χ4n) is 3.48. The molecule has 176 valence electrons. The minimum Gasteiger partial charge on any atom is -0.489 e. The molecule has 1 aromatic heterocycles. The fraction of sp³-hybridized carbons (Fsp3) is 0.269. The molecule has 0 saturated carbocycles. The Balaban J connectivity index is 0.00000342. The highest BCUT2D eigenvalue weighted by Gasteiger charge is 2.31. The van der Waals surface area contributed by atoms with Crippen LogP contribution in [-0.4, -0.2) is 52.0 Å². The quantitative estimate of drug-likeness (QED) is 0.583. The summed E-state index contributed by atoms with van der Waals surface area (Å²) in [6.45, 7) is 3.72. The number of nitrogens with one attached hydrogen (secondary N) is 1. The first-order valence-corrected chi connectivity index (χ1v) is 10.9. The summed E-state index contributed by atoms with van der Waals surface area (Å²) >= 11 is 0. The molecule has 34 heavy (non-hydrogen) atoms. The van der Waals surface area contributed by atoms with Crippen molar-refractivity contribution in [3.05, 3.63) is 77.6 Å². The van der Waals surface area contributed by atoms with E-state index in [0.29, 0.717) is 23.5 Å². The van der Waals surface area contributed by atoms with Gasteiger partial charge in [0.15, 0.2) is 0 Å². The zero-order chi connectivity index (χ0) is 24.3. The number of anilines is 1. The predicted molar refractivity (Wildman–Crippen MR) is 130 cm³/mol. The molecule has 1 atom stereocenters. The van der Waals surface area contributed by atoms with Crippen LogP contribution in [0.2, 0.25) is 0 Å². The summed E-state index contributed by atoms with van der Waals surface area (Å²) in [5, 5.41) is 16.9. The van der Waals surface area contributed by atoms with Crippen LogP contribution in [0.5, 0.6) is 5.75 Å². The molecule has 0 fully saturated rings. The second kappa shape index (κ2) is 9.41. The first-order valence-electron chi connectivity index (χ1n) is 10.9. The second-order valence-electron chi connectivity index (χ2n) is 8.61. The molecule has 2 aromatic carbocycles. The molecule has 0 spiro atoms. The van der Waals surface area contributed by atoms with E-state index in [2.05, 4.69) is 22.3 Å². The number of fused-ring (bicyclic) bond motifs is 1. The average molecular weight is 461 g/mol. The van der Waals surface area contributed by atoms with Crippen LogP contribution in [0.1, 0.15) is 36.9 Å². The van der Waals surface area contributed by atoms with Gasteiger partial charge in [-0.2, -0.15) is 5.10 Å². The molecule has 2 heterocycles. The van der Waals surface area contributed by atoms with E-state index in [1.807, 2.05) is 30.3 Å². The summed E-state index contributed by atoms with van der Waals surface area (Å²) in [4.78, 5) is 27.3. The van der Waals surface area contributed by atoms with Crippen LogP contribution in [0.3, 0.4) is 0 Å². The average Bonchev–Trinajstić information content (AvgIpc) is 3.24. The molecule has 2 amide bonds. The lowest BCUT2D eigenvalue weighted by Crippen LogP contribution is -2.49. The SMILES string of the molecule is CN1C(=O)[C@@H](NC(=O)c2ccn(Cc3ccccc3)n2)COc2ccc(C#CC(C)(C)O)cc21.[HH]. The maximum absolute atomic E-state index is 13.1. The number of nitrogens with zero attached hydrogens (tertiary/aromatic N) is 3. The minimum absolute atomic E-state index is 0. The van der Waals surface area contributed by atoms with Crippen LogP contribution >= 0.6 is 0 Å². The van der Waals surface area contributed by atoms with Gasteiger partial charge in [0, 0.05) is 20.2 Å². The second-order valence-corrected chi connectivity index (χ2v) is 8.61. The first kappa shape index (κ1) is 23.1. The van der Waals surface area contributed by atoms with Gasteiger partial charge < -0.3 is 20.1 Å². The normalized spacial score (nSPS) is 15.5. The molecule has 4 rings (SSSR count). The number of amides is 2. The summed E-state index contributed by atoms with van der Waals surface area (Å²) in [7, 11) is 1.62. The summed E-state index contributed by atoms with van der Waals surface area (Å²) < 4.78 is 7.50. The van der Waals surface area contributed by atoms with Gasteiger partial charge in [0.05, 0.1) is 12.2 Å². The molecule has 8 nitrogen and oxygen atoms in total. The number of hydrogen-bond acceptors (Lipinski definition) is 5. The Bertz CT molecular complexity index is 1270. The van der Waals surface area contributed by atoms with E-state index >= 15 is 0 Å². The summed E-state index contributed by atoms with van der Waals surface area (Å²) in [6.07, 6.45) is 1.73. The molecular weight excluding hydrogens is 432 g/mol. The third-order valence-electron chi connectivity index (χ3n) is 5.23. The van der Waals surface area contributed by atoms with Gasteiger partial charge in [0.25, 0.3) is 11.8 Å². The van der Waals surface area contributed by atoms with Gasteiger partial charge in [-0.15, -0.1) is 0 Å². The van der Waals surface area contributed by atoms with E-state index in [0.717, 1.165) is 5.56 Å². The fourth-order valence-corrected chi connectivity index (χ4v) is 3.48. The molecule has 0 unspecified atom stereocenters. The third-order valence-corrected chi connectivity index (χ3v) is 5.23. The maximum Gasteiger partial charge on any atom is 0.272 e. The van der Waals surface area contributed by atoms with Crippen molar-refractivity contribution in [3.8, 4) is 17.6 Å². The minimum atomic E-state index is -1.13. The maximum atomic E-state index is 13.1. The number of likely N-dealkylation sites (N-methyl/N-ethyl adjacent to an activating group) is 1. The number of rotatable bonds is 4. The molecule has 1 aliphatic heterocycles. The van der Waals surface area contributed by atoms with Crippen LogP contribution in [0, 0.1) is 11.8 Å². The number of aromatic nitrogens is 2. The van der Waals surface area contributed by atoms with Crippen LogP contribution < -0.4 is 15.0 Å². The number of benzene rings is 2. The Morgan fingerprint density at radius 2 is 2.03 bits per heavy atom. The van der Waals surface area contributed by atoms with Gasteiger partial charge in [0.2, 0.25) is 0 Å². The Morgan fingerprint density at radius 1 is 1.26 bits per heavy atom. The van der Waals surface area contributed by atoms with Crippen LogP contribution in [0.25, 0.3) is 0 Å². The molecule has 0 radical (unpaired) electrons. The van der Waals surface area contributed by atoms with Crippen molar-refractivity contribution in [2.24, 2.45) is 0 Å². The number of ether oxygens (including phenoxy) is 1. The van der Waals surface area contributed by atoms with Gasteiger partial charge in [-0.05, 0) is 43.7 Å². The van der Waals surface area contributed by atoms with E-state index in [1.165, 1.54) is 4.90 Å². The molecule has 0 bridgehead atoms. The van der Waals surface area contributed by atoms with Crippen molar-refractivity contribution in [2.45, 2.75) is 32.0 Å². The zero-order valence-electron chi connectivity index (χ0n) is 19.3. The molecule has 0 aliphatic carbocycles. The van der Waals surface area contributed by atoms with E-state index in [1.54, 1.807) is 56.0 Å². The Labute approximate surface area is 199 Å². The Kier molecular flexibility index (Phi) is 6.39. The van der Waals surface area contributed by atoms with Gasteiger partial charge in [-0.1, -0.05) is 42.2 Å². The number of aliphatic hydroxyl groups is 1. The lowest BCUT2D eigenvalue weighted by atomic mass is 10.1.